The highest BCUT2D eigenvalue weighted by molar-refractivity contribution is 7.90. The zero-order valence-corrected chi connectivity index (χ0v) is 17.8. The van der Waals surface area contributed by atoms with Crippen molar-refractivity contribution in [1.82, 2.24) is 4.57 Å². The molecule has 8 heteroatoms. The molecule has 158 valence electrons. The SMILES string of the molecule is O=C(Cn1cc(S(=O)(=O)Cc2ccc(Cl)cc2)c2ccccc21)Nc1cccc(F)c1. The maximum atomic E-state index is 13.4. The molecule has 0 unspecified atom stereocenters. The first-order valence-corrected chi connectivity index (χ1v) is 11.5. The minimum atomic E-state index is -3.68. The van der Waals surface area contributed by atoms with Gasteiger partial charge in [0, 0.05) is 27.8 Å². The summed E-state index contributed by atoms with van der Waals surface area (Å²) >= 11 is 5.89. The summed E-state index contributed by atoms with van der Waals surface area (Å²) in [6.45, 7) is -0.118. The number of carbonyl (C=O) groups excluding carboxylic acids is 1. The Balaban J connectivity index is 1.64. The maximum Gasteiger partial charge on any atom is 0.244 e. The molecule has 0 aliphatic rings. The second-order valence-electron chi connectivity index (χ2n) is 7.08. The number of anilines is 1. The molecule has 0 aliphatic heterocycles. The number of rotatable bonds is 6. The van der Waals surface area contributed by atoms with Crippen LogP contribution < -0.4 is 5.32 Å². The van der Waals surface area contributed by atoms with E-state index in [0.717, 1.165) is 0 Å². The van der Waals surface area contributed by atoms with Gasteiger partial charge >= 0.3 is 0 Å². The largest absolute Gasteiger partial charge is 0.337 e. The smallest absolute Gasteiger partial charge is 0.244 e. The number of fused-ring (bicyclic) bond motifs is 1. The molecule has 0 spiro atoms. The van der Waals surface area contributed by atoms with Crippen molar-refractivity contribution in [3.05, 3.63) is 95.4 Å². The molecule has 1 aromatic heterocycles. The summed E-state index contributed by atoms with van der Waals surface area (Å²) in [6, 6.07) is 19.2. The lowest BCUT2D eigenvalue weighted by atomic mass is 10.2. The number of carbonyl (C=O) groups is 1. The fourth-order valence-corrected chi connectivity index (χ4v) is 5.10. The van der Waals surface area contributed by atoms with Crippen molar-refractivity contribution in [2.75, 3.05) is 5.32 Å². The fourth-order valence-electron chi connectivity index (χ4n) is 3.39. The lowest BCUT2D eigenvalue weighted by molar-refractivity contribution is -0.116. The van der Waals surface area contributed by atoms with Crippen molar-refractivity contribution in [3.63, 3.8) is 0 Å². The fraction of sp³-hybridized carbons (Fsp3) is 0.0870. The van der Waals surface area contributed by atoms with Crippen LogP contribution >= 0.6 is 11.6 Å². The van der Waals surface area contributed by atoms with E-state index in [-0.39, 0.29) is 17.2 Å². The van der Waals surface area contributed by atoms with Gasteiger partial charge in [0.2, 0.25) is 5.91 Å². The van der Waals surface area contributed by atoms with Gasteiger partial charge in [0.15, 0.2) is 9.84 Å². The van der Waals surface area contributed by atoms with E-state index in [1.807, 2.05) is 0 Å². The molecule has 3 aromatic carbocycles. The van der Waals surface area contributed by atoms with E-state index in [1.54, 1.807) is 59.2 Å². The van der Waals surface area contributed by atoms with Crippen molar-refractivity contribution in [1.29, 1.82) is 0 Å². The first-order chi connectivity index (χ1) is 14.8. The highest BCUT2D eigenvalue weighted by Crippen LogP contribution is 2.28. The summed E-state index contributed by atoms with van der Waals surface area (Å²) in [6.07, 6.45) is 1.47. The van der Waals surface area contributed by atoms with E-state index in [9.17, 15) is 17.6 Å². The summed E-state index contributed by atoms with van der Waals surface area (Å²) in [5.74, 6) is -1.04. The standard InChI is InChI=1S/C23H18ClFN2O3S/c24-17-10-8-16(9-11-17)15-31(29,30)22-13-27(21-7-2-1-6-20(21)22)14-23(28)26-19-5-3-4-18(25)12-19/h1-13H,14-15H2,(H,26,28). The van der Waals surface area contributed by atoms with Crippen molar-refractivity contribution < 1.29 is 17.6 Å². The summed E-state index contributed by atoms with van der Waals surface area (Å²) < 4.78 is 41.2. The molecule has 5 nitrogen and oxygen atoms in total. The second kappa shape index (κ2) is 8.53. The molecule has 4 aromatic rings. The van der Waals surface area contributed by atoms with Gasteiger partial charge in [-0.15, -0.1) is 0 Å². The third kappa shape index (κ3) is 4.78. The minimum absolute atomic E-state index is 0.118. The normalized spacial score (nSPS) is 11.5. The maximum absolute atomic E-state index is 13.4. The highest BCUT2D eigenvalue weighted by atomic mass is 35.5. The molecule has 0 aliphatic carbocycles. The van der Waals surface area contributed by atoms with Crippen molar-refractivity contribution in [2.45, 2.75) is 17.2 Å². The van der Waals surface area contributed by atoms with Crippen LogP contribution in [0.2, 0.25) is 5.02 Å². The van der Waals surface area contributed by atoms with Crippen LogP contribution in [0.5, 0.6) is 0 Å². The van der Waals surface area contributed by atoms with Gasteiger partial charge in [-0.25, -0.2) is 12.8 Å². The first-order valence-electron chi connectivity index (χ1n) is 9.42. The van der Waals surface area contributed by atoms with Crippen LogP contribution in [0.3, 0.4) is 0 Å². The number of hydrogen-bond acceptors (Lipinski definition) is 3. The molecule has 1 N–H and O–H groups in total. The van der Waals surface area contributed by atoms with Crippen LogP contribution in [0.15, 0.2) is 83.9 Å². The van der Waals surface area contributed by atoms with Crippen LogP contribution in [0.1, 0.15) is 5.56 Å². The Kier molecular flexibility index (Phi) is 5.80. The number of halogens is 2. The molecule has 31 heavy (non-hydrogen) atoms. The third-order valence-electron chi connectivity index (χ3n) is 4.78. The second-order valence-corrected chi connectivity index (χ2v) is 9.48. The number of sulfone groups is 1. The topological polar surface area (TPSA) is 68.2 Å². The lowest BCUT2D eigenvalue weighted by Gasteiger charge is -2.07. The summed E-state index contributed by atoms with van der Waals surface area (Å²) in [7, 11) is -3.68. The van der Waals surface area contributed by atoms with Crippen LogP contribution in [0.4, 0.5) is 10.1 Å². The van der Waals surface area contributed by atoms with Gasteiger partial charge in [-0.1, -0.05) is 48.0 Å². The number of hydrogen-bond donors (Lipinski definition) is 1. The predicted octanol–water partition coefficient (Wildman–Crippen LogP) is 5.05. The third-order valence-corrected chi connectivity index (χ3v) is 6.74. The van der Waals surface area contributed by atoms with E-state index in [4.69, 9.17) is 11.6 Å². The minimum Gasteiger partial charge on any atom is -0.337 e. The highest BCUT2D eigenvalue weighted by Gasteiger charge is 2.22. The number of aromatic nitrogens is 1. The molecule has 0 saturated heterocycles. The number of nitrogens with one attached hydrogen (secondary N) is 1. The molecule has 0 fully saturated rings. The monoisotopic (exact) mass is 456 g/mol. The Hall–Kier alpha value is -3.16. The number of benzene rings is 3. The lowest BCUT2D eigenvalue weighted by Crippen LogP contribution is -2.18. The summed E-state index contributed by atoms with van der Waals surface area (Å²) in [5, 5.41) is 3.69. The van der Waals surface area contributed by atoms with Gasteiger partial charge in [0.05, 0.1) is 10.6 Å². The van der Waals surface area contributed by atoms with Gasteiger partial charge in [-0.3, -0.25) is 4.79 Å². The van der Waals surface area contributed by atoms with Gasteiger partial charge in [0.25, 0.3) is 0 Å². The Morgan fingerprint density at radius 3 is 2.48 bits per heavy atom. The Bertz CT molecular complexity index is 1370. The molecule has 1 amide bonds. The first kappa shape index (κ1) is 21.1. The van der Waals surface area contributed by atoms with E-state index >= 15 is 0 Å². The van der Waals surface area contributed by atoms with Crippen LogP contribution in [-0.2, 0) is 26.9 Å². The Labute approximate surface area is 184 Å². The van der Waals surface area contributed by atoms with Gasteiger partial charge < -0.3 is 9.88 Å². The molecule has 0 saturated carbocycles. The molecule has 0 atom stereocenters. The number of amides is 1. The average Bonchev–Trinajstić information content (AvgIpc) is 3.09. The summed E-state index contributed by atoms with van der Waals surface area (Å²) in [4.78, 5) is 12.7. The predicted molar refractivity (Wildman–Crippen MR) is 119 cm³/mol. The van der Waals surface area contributed by atoms with Gasteiger partial charge in [0.1, 0.15) is 12.4 Å². The summed E-state index contributed by atoms with van der Waals surface area (Å²) in [5.41, 5.74) is 1.56. The van der Waals surface area contributed by atoms with E-state index in [0.29, 0.717) is 27.2 Å². The average molecular weight is 457 g/mol. The van der Waals surface area contributed by atoms with Crippen molar-refractivity contribution >= 4 is 43.9 Å². The quantitative estimate of drug-likeness (QED) is 0.441. The molecule has 0 bridgehead atoms. The molecule has 1 heterocycles. The van der Waals surface area contributed by atoms with Crippen LogP contribution in [0.25, 0.3) is 10.9 Å². The van der Waals surface area contributed by atoms with Crippen LogP contribution in [0, 0.1) is 5.82 Å². The van der Waals surface area contributed by atoms with E-state index in [2.05, 4.69) is 5.32 Å². The van der Waals surface area contributed by atoms with Crippen LogP contribution in [-0.4, -0.2) is 18.9 Å². The van der Waals surface area contributed by atoms with E-state index < -0.39 is 21.6 Å². The number of nitrogens with zero attached hydrogens (tertiary/aromatic N) is 1. The van der Waals surface area contributed by atoms with Crippen molar-refractivity contribution in [3.8, 4) is 0 Å². The Morgan fingerprint density at radius 2 is 1.74 bits per heavy atom. The molecule has 0 radical (unpaired) electrons. The zero-order valence-electron chi connectivity index (χ0n) is 16.3. The number of para-hydroxylation sites is 1. The van der Waals surface area contributed by atoms with E-state index in [1.165, 1.54) is 24.4 Å². The Morgan fingerprint density at radius 1 is 1.00 bits per heavy atom. The molecular weight excluding hydrogens is 439 g/mol. The molecule has 4 rings (SSSR count). The zero-order chi connectivity index (χ0) is 22.0. The molecular formula is C23H18ClFN2O3S. The van der Waals surface area contributed by atoms with Crippen molar-refractivity contribution in [2.24, 2.45) is 0 Å². The van der Waals surface area contributed by atoms with Gasteiger partial charge in [-0.05, 0) is 42.0 Å². The van der Waals surface area contributed by atoms with Gasteiger partial charge in [-0.2, -0.15) is 0 Å².